The summed E-state index contributed by atoms with van der Waals surface area (Å²) in [6.07, 6.45) is 3.28. The average Bonchev–Trinajstić information content (AvgIpc) is 2.98. The largest absolute Gasteiger partial charge is 0.468 e. The van der Waals surface area contributed by atoms with E-state index in [1.54, 1.807) is 0 Å². The van der Waals surface area contributed by atoms with Crippen LogP contribution in [-0.4, -0.2) is 36.2 Å². The Morgan fingerprint density at radius 1 is 1.38 bits per heavy atom. The summed E-state index contributed by atoms with van der Waals surface area (Å²) in [4.78, 5) is 12.0. The number of ether oxygens (including phenoxy) is 1. The molecule has 2 fully saturated rings. The van der Waals surface area contributed by atoms with Crippen molar-refractivity contribution in [2.24, 2.45) is 5.41 Å². The molecule has 4 heteroatoms. The van der Waals surface area contributed by atoms with Gasteiger partial charge in [-0.05, 0) is 30.4 Å². The van der Waals surface area contributed by atoms with Crippen LogP contribution in [-0.2, 0) is 9.53 Å². The van der Waals surface area contributed by atoms with Crippen molar-refractivity contribution in [3.63, 3.8) is 0 Å². The van der Waals surface area contributed by atoms with E-state index in [0.717, 1.165) is 17.9 Å². The van der Waals surface area contributed by atoms with Crippen LogP contribution in [0.1, 0.15) is 33.1 Å². The molecular formula is C12H21NO2S. The standard InChI is InChI=1S/C12H21NO2S/c1-11(2)6-12(8-16-7-11,10(14)15-3)13-9-4-5-9/h9,13H,4-8H2,1-3H3. The van der Waals surface area contributed by atoms with Crippen molar-refractivity contribution >= 4 is 17.7 Å². The van der Waals surface area contributed by atoms with Gasteiger partial charge in [0, 0.05) is 11.8 Å². The van der Waals surface area contributed by atoms with Crippen LogP contribution in [0, 0.1) is 5.41 Å². The fraction of sp³-hybridized carbons (Fsp3) is 0.917. The van der Waals surface area contributed by atoms with E-state index < -0.39 is 5.54 Å². The minimum atomic E-state index is -0.442. The van der Waals surface area contributed by atoms with E-state index in [-0.39, 0.29) is 11.4 Å². The molecule has 0 spiro atoms. The Morgan fingerprint density at radius 2 is 2.06 bits per heavy atom. The number of thioether (sulfide) groups is 1. The minimum absolute atomic E-state index is 0.0836. The van der Waals surface area contributed by atoms with E-state index in [9.17, 15) is 4.79 Å². The molecular weight excluding hydrogens is 222 g/mol. The molecule has 0 amide bonds. The van der Waals surface area contributed by atoms with Crippen LogP contribution in [0.15, 0.2) is 0 Å². The van der Waals surface area contributed by atoms with Gasteiger partial charge in [-0.2, -0.15) is 11.8 Å². The number of hydrogen-bond donors (Lipinski definition) is 1. The summed E-state index contributed by atoms with van der Waals surface area (Å²) < 4.78 is 5.00. The predicted molar refractivity (Wildman–Crippen MR) is 66.6 cm³/mol. The van der Waals surface area contributed by atoms with Gasteiger partial charge in [0.1, 0.15) is 5.54 Å². The maximum Gasteiger partial charge on any atom is 0.326 e. The lowest BCUT2D eigenvalue weighted by molar-refractivity contribution is -0.149. The molecule has 0 aromatic carbocycles. The molecule has 2 rings (SSSR count). The van der Waals surface area contributed by atoms with E-state index in [0.29, 0.717) is 6.04 Å². The number of carbonyl (C=O) groups excluding carboxylic acids is 1. The molecule has 16 heavy (non-hydrogen) atoms. The molecule has 1 heterocycles. The Bertz CT molecular complexity index is 289. The van der Waals surface area contributed by atoms with E-state index in [1.165, 1.54) is 20.0 Å². The average molecular weight is 243 g/mol. The van der Waals surface area contributed by atoms with Crippen molar-refractivity contribution in [3.8, 4) is 0 Å². The van der Waals surface area contributed by atoms with Crippen molar-refractivity contribution in [2.45, 2.75) is 44.7 Å². The number of carbonyl (C=O) groups is 1. The second-order valence-electron chi connectivity index (χ2n) is 5.83. The summed E-state index contributed by atoms with van der Waals surface area (Å²) in [5.74, 6) is 1.89. The zero-order chi connectivity index (χ0) is 11.8. The van der Waals surface area contributed by atoms with Gasteiger partial charge < -0.3 is 4.74 Å². The van der Waals surface area contributed by atoms with Crippen molar-refractivity contribution in [3.05, 3.63) is 0 Å². The van der Waals surface area contributed by atoms with Crippen LogP contribution in [0.3, 0.4) is 0 Å². The van der Waals surface area contributed by atoms with E-state index in [2.05, 4.69) is 19.2 Å². The topological polar surface area (TPSA) is 38.3 Å². The van der Waals surface area contributed by atoms with Crippen molar-refractivity contribution in [1.29, 1.82) is 0 Å². The lowest BCUT2D eigenvalue weighted by Crippen LogP contribution is -2.60. The van der Waals surface area contributed by atoms with Gasteiger partial charge in [0.05, 0.1) is 7.11 Å². The van der Waals surface area contributed by atoms with Gasteiger partial charge >= 0.3 is 5.97 Å². The smallest absolute Gasteiger partial charge is 0.326 e. The molecule has 92 valence electrons. The predicted octanol–water partition coefficient (Wildman–Crippen LogP) is 1.81. The third-order valence-electron chi connectivity index (χ3n) is 3.26. The van der Waals surface area contributed by atoms with E-state index in [4.69, 9.17) is 4.74 Å². The molecule has 3 nitrogen and oxygen atoms in total. The highest BCUT2D eigenvalue weighted by atomic mass is 32.2. The highest BCUT2D eigenvalue weighted by Crippen LogP contribution is 2.41. The number of nitrogens with one attached hydrogen (secondary N) is 1. The van der Waals surface area contributed by atoms with Gasteiger partial charge in [0.25, 0.3) is 0 Å². The molecule has 0 aromatic heterocycles. The molecule has 1 aliphatic carbocycles. The number of methoxy groups -OCH3 is 1. The summed E-state index contributed by atoms with van der Waals surface area (Å²) in [5.41, 5.74) is -0.235. The maximum absolute atomic E-state index is 12.0. The van der Waals surface area contributed by atoms with Crippen LogP contribution in [0.25, 0.3) is 0 Å². The summed E-state index contributed by atoms with van der Waals surface area (Å²) in [7, 11) is 1.49. The van der Waals surface area contributed by atoms with Crippen LogP contribution in [0.4, 0.5) is 0 Å². The fourth-order valence-electron chi connectivity index (χ4n) is 2.52. The first-order valence-corrected chi connectivity index (χ1v) is 7.07. The third kappa shape index (κ3) is 2.54. The van der Waals surface area contributed by atoms with Gasteiger partial charge in [-0.1, -0.05) is 13.8 Å². The molecule has 2 aliphatic rings. The second-order valence-corrected chi connectivity index (χ2v) is 6.81. The highest BCUT2D eigenvalue weighted by molar-refractivity contribution is 7.99. The van der Waals surface area contributed by atoms with Crippen molar-refractivity contribution in [2.75, 3.05) is 18.6 Å². The molecule has 0 aromatic rings. The maximum atomic E-state index is 12.0. The fourth-order valence-corrected chi connectivity index (χ4v) is 3.93. The van der Waals surface area contributed by atoms with Crippen molar-refractivity contribution in [1.82, 2.24) is 5.32 Å². The van der Waals surface area contributed by atoms with Crippen LogP contribution in [0.2, 0.25) is 0 Å². The number of hydrogen-bond acceptors (Lipinski definition) is 4. The summed E-state index contributed by atoms with van der Waals surface area (Å²) in [6, 6.07) is 0.536. The first-order valence-electron chi connectivity index (χ1n) is 5.91. The number of esters is 1. The lowest BCUT2D eigenvalue weighted by atomic mass is 9.79. The summed E-state index contributed by atoms with van der Waals surface area (Å²) >= 11 is 1.86. The SMILES string of the molecule is COC(=O)C1(NC2CC2)CSCC(C)(C)C1. The van der Waals surface area contributed by atoms with Crippen LogP contribution < -0.4 is 5.32 Å². The first-order chi connectivity index (χ1) is 7.47. The zero-order valence-corrected chi connectivity index (χ0v) is 11.2. The van der Waals surface area contributed by atoms with Gasteiger partial charge in [0.15, 0.2) is 0 Å². The molecule has 1 aliphatic heterocycles. The van der Waals surface area contributed by atoms with Crippen LogP contribution in [0.5, 0.6) is 0 Å². The quantitative estimate of drug-likeness (QED) is 0.767. The Labute approximate surface area is 102 Å². The Kier molecular flexibility index (Phi) is 3.23. The molecule has 0 bridgehead atoms. The molecule has 1 atom stereocenters. The molecule has 1 N–H and O–H groups in total. The monoisotopic (exact) mass is 243 g/mol. The highest BCUT2D eigenvalue weighted by Gasteiger charge is 2.49. The molecule has 1 saturated carbocycles. The number of rotatable bonds is 3. The Balaban J connectivity index is 2.15. The lowest BCUT2D eigenvalue weighted by Gasteiger charge is -2.43. The Morgan fingerprint density at radius 3 is 2.56 bits per heavy atom. The van der Waals surface area contributed by atoms with Gasteiger partial charge in [-0.25, -0.2) is 0 Å². The third-order valence-corrected chi connectivity index (χ3v) is 4.94. The van der Waals surface area contributed by atoms with E-state index in [1.807, 2.05) is 11.8 Å². The Hall–Kier alpha value is -0.220. The van der Waals surface area contributed by atoms with Gasteiger partial charge in [-0.3, -0.25) is 10.1 Å². The first kappa shape index (κ1) is 12.2. The van der Waals surface area contributed by atoms with Crippen LogP contribution >= 0.6 is 11.8 Å². The van der Waals surface area contributed by atoms with E-state index >= 15 is 0 Å². The minimum Gasteiger partial charge on any atom is -0.468 e. The van der Waals surface area contributed by atoms with Gasteiger partial charge in [-0.15, -0.1) is 0 Å². The molecule has 1 saturated heterocycles. The van der Waals surface area contributed by atoms with Crippen molar-refractivity contribution < 1.29 is 9.53 Å². The van der Waals surface area contributed by atoms with Gasteiger partial charge in [0.2, 0.25) is 0 Å². The normalized spacial score (nSPS) is 33.4. The zero-order valence-electron chi connectivity index (χ0n) is 10.3. The molecule has 1 unspecified atom stereocenters. The molecule has 0 radical (unpaired) electrons. The summed E-state index contributed by atoms with van der Waals surface area (Å²) in [6.45, 7) is 4.46. The summed E-state index contributed by atoms with van der Waals surface area (Å²) in [5, 5.41) is 3.52. The second kappa shape index (κ2) is 4.22.